The number of carbonyl (C=O) groups excluding carboxylic acids is 2. The summed E-state index contributed by atoms with van der Waals surface area (Å²) in [5.41, 5.74) is 5.78. The normalized spacial score (nSPS) is 13.0. The van der Waals surface area contributed by atoms with E-state index in [0.29, 0.717) is 22.7 Å². The van der Waals surface area contributed by atoms with E-state index in [1.165, 1.54) is 11.8 Å². The van der Waals surface area contributed by atoms with Crippen LogP contribution >= 0.6 is 11.8 Å². The van der Waals surface area contributed by atoms with Crippen molar-refractivity contribution in [1.82, 2.24) is 9.38 Å². The Morgan fingerprint density at radius 3 is 2.80 bits per heavy atom. The van der Waals surface area contributed by atoms with E-state index in [1.807, 2.05) is 66.2 Å². The fraction of sp³-hybridized carbons (Fsp3) is 0.0870. The molecule has 0 saturated heterocycles. The SMILES string of the molecule is Cc1cccn2cc(-c3ccc(NC(=O)c4ccc5c(c4)NC(=O)CS5)cc3)nc12. The van der Waals surface area contributed by atoms with Gasteiger partial charge in [0, 0.05) is 34.1 Å². The summed E-state index contributed by atoms with van der Waals surface area (Å²) in [6.07, 6.45) is 3.97. The second-order valence-electron chi connectivity index (χ2n) is 7.13. The average molecular weight is 414 g/mol. The molecular weight excluding hydrogens is 396 g/mol. The summed E-state index contributed by atoms with van der Waals surface area (Å²) in [6.45, 7) is 2.04. The summed E-state index contributed by atoms with van der Waals surface area (Å²) in [4.78, 5) is 29.9. The zero-order chi connectivity index (χ0) is 20.7. The number of nitrogens with one attached hydrogen (secondary N) is 2. The summed E-state index contributed by atoms with van der Waals surface area (Å²) in [7, 11) is 0. The van der Waals surface area contributed by atoms with Crippen LogP contribution in [0, 0.1) is 6.92 Å². The molecule has 0 fully saturated rings. The molecule has 4 aromatic rings. The first-order chi connectivity index (χ1) is 14.6. The maximum absolute atomic E-state index is 12.6. The molecule has 2 amide bonds. The van der Waals surface area contributed by atoms with Gasteiger partial charge in [0.25, 0.3) is 5.91 Å². The lowest BCUT2D eigenvalue weighted by molar-refractivity contribution is -0.113. The third-order valence-corrected chi connectivity index (χ3v) is 6.06. The number of hydrogen-bond donors (Lipinski definition) is 2. The van der Waals surface area contributed by atoms with E-state index in [-0.39, 0.29) is 11.8 Å². The second kappa shape index (κ2) is 7.35. The highest BCUT2D eigenvalue weighted by Gasteiger charge is 2.17. The number of thioether (sulfide) groups is 1. The highest BCUT2D eigenvalue weighted by Crippen LogP contribution is 2.32. The van der Waals surface area contributed by atoms with Crippen LogP contribution in [0.1, 0.15) is 15.9 Å². The third kappa shape index (κ3) is 3.44. The van der Waals surface area contributed by atoms with E-state index < -0.39 is 0 Å². The predicted octanol–water partition coefficient (Wildman–Crippen LogP) is 4.61. The fourth-order valence-electron chi connectivity index (χ4n) is 3.44. The Bertz CT molecular complexity index is 1290. The van der Waals surface area contributed by atoms with Crippen LogP contribution in [0.15, 0.2) is 71.9 Å². The molecule has 30 heavy (non-hydrogen) atoms. The Kier molecular flexibility index (Phi) is 4.52. The van der Waals surface area contributed by atoms with Crippen LogP contribution in [0.25, 0.3) is 16.9 Å². The standard InChI is InChI=1S/C23H18N4O2S/c1-14-3-2-10-27-12-19(26-22(14)27)15-4-7-17(8-5-15)24-23(29)16-6-9-20-18(11-16)25-21(28)13-30-20/h2-12H,13H2,1H3,(H,24,29)(H,25,28). The fourth-order valence-corrected chi connectivity index (χ4v) is 4.23. The van der Waals surface area contributed by atoms with Crippen LogP contribution in [0.5, 0.6) is 0 Å². The minimum absolute atomic E-state index is 0.0530. The Balaban J connectivity index is 1.34. The van der Waals surface area contributed by atoms with Gasteiger partial charge in [0.1, 0.15) is 5.65 Å². The number of rotatable bonds is 3. The predicted molar refractivity (Wildman–Crippen MR) is 119 cm³/mol. The van der Waals surface area contributed by atoms with Crippen molar-refractivity contribution in [3.05, 3.63) is 78.1 Å². The van der Waals surface area contributed by atoms with E-state index in [9.17, 15) is 9.59 Å². The lowest BCUT2D eigenvalue weighted by atomic mass is 10.1. The number of imidazole rings is 1. The zero-order valence-corrected chi connectivity index (χ0v) is 17.0. The van der Waals surface area contributed by atoms with Crippen molar-refractivity contribution < 1.29 is 9.59 Å². The zero-order valence-electron chi connectivity index (χ0n) is 16.2. The summed E-state index contributed by atoms with van der Waals surface area (Å²) >= 11 is 1.47. The molecule has 0 atom stereocenters. The molecule has 5 rings (SSSR count). The maximum atomic E-state index is 12.6. The Labute approximate surface area is 177 Å². The molecular formula is C23H18N4O2S. The van der Waals surface area contributed by atoms with Gasteiger partial charge in [0.05, 0.1) is 17.1 Å². The first-order valence-electron chi connectivity index (χ1n) is 9.50. The number of benzene rings is 2. The van der Waals surface area contributed by atoms with Gasteiger partial charge in [0.15, 0.2) is 0 Å². The summed E-state index contributed by atoms with van der Waals surface area (Å²) in [5.74, 6) is 0.123. The molecule has 7 heteroatoms. The van der Waals surface area contributed by atoms with E-state index in [0.717, 1.165) is 27.4 Å². The molecule has 0 unspecified atom stereocenters. The molecule has 6 nitrogen and oxygen atoms in total. The van der Waals surface area contributed by atoms with E-state index in [4.69, 9.17) is 4.98 Å². The van der Waals surface area contributed by atoms with Crippen molar-refractivity contribution in [2.75, 3.05) is 16.4 Å². The highest BCUT2D eigenvalue weighted by molar-refractivity contribution is 8.00. The maximum Gasteiger partial charge on any atom is 0.255 e. The third-order valence-electron chi connectivity index (χ3n) is 4.99. The quantitative estimate of drug-likeness (QED) is 0.513. The number of aryl methyl sites for hydroxylation is 1. The smallest absolute Gasteiger partial charge is 0.255 e. The van der Waals surface area contributed by atoms with Gasteiger partial charge >= 0.3 is 0 Å². The van der Waals surface area contributed by atoms with Gasteiger partial charge in [-0.25, -0.2) is 4.98 Å². The number of anilines is 2. The highest BCUT2D eigenvalue weighted by atomic mass is 32.2. The van der Waals surface area contributed by atoms with E-state index in [1.54, 1.807) is 12.1 Å². The monoisotopic (exact) mass is 414 g/mol. The number of carbonyl (C=O) groups is 2. The average Bonchev–Trinajstić information content (AvgIpc) is 3.19. The molecule has 0 aliphatic carbocycles. The number of fused-ring (bicyclic) bond motifs is 2. The van der Waals surface area contributed by atoms with Gasteiger partial charge < -0.3 is 15.0 Å². The molecule has 1 aliphatic rings. The van der Waals surface area contributed by atoms with Crippen LogP contribution < -0.4 is 10.6 Å². The summed E-state index contributed by atoms with van der Waals surface area (Å²) < 4.78 is 2.01. The van der Waals surface area contributed by atoms with Crippen LogP contribution in [0.3, 0.4) is 0 Å². The van der Waals surface area contributed by atoms with Gasteiger partial charge in [-0.15, -0.1) is 11.8 Å². The van der Waals surface area contributed by atoms with Crippen molar-refractivity contribution in [2.24, 2.45) is 0 Å². The molecule has 2 N–H and O–H groups in total. The van der Waals surface area contributed by atoms with Crippen LogP contribution in [0.4, 0.5) is 11.4 Å². The van der Waals surface area contributed by atoms with Crippen LogP contribution in [0.2, 0.25) is 0 Å². The second-order valence-corrected chi connectivity index (χ2v) is 8.14. The number of hydrogen-bond acceptors (Lipinski definition) is 4. The Morgan fingerprint density at radius 2 is 2.00 bits per heavy atom. The molecule has 0 spiro atoms. The molecule has 148 valence electrons. The molecule has 2 aromatic heterocycles. The number of nitrogens with zero attached hydrogens (tertiary/aromatic N) is 2. The number of amides is 2. The number of aromatic nitrogens is 2. The van der Waals surface area contributed by atoms with Crippen molar-refractivity contribution in [3.63, 3.8) is 0 Å². The minimum Gasteiger partial charge on any atom is -0.324 e. The first-order valence-corrected chi connectivity index (χ1v) is 10.5. The Morgan fingerprint density at radius 1 is 1.17 bits per heavy atom. The van der Waals surface area contributed by atoms with Gasteiger partial charge in [-0.05, 0) is 48.9 Å². The lowest BCUT2D eigenvalue weighted by Gasteiger charge is -2.17. The molecule has 1 aliphatic heterocycles. The van der Waals surface area contributed by atoms with E-state index in [2.05, 4.69) is 10.6 Å². The van der Waals surface area contributed by atoms with Gasteiger partial charge in [-0.3, -0.25) is 9.59 Å². The minimum atomic E-state index is -0.223. The molecule has 0 saturated carbocycles. The molecule has 0 radical (unpaired) electrons. The van der Waals surface area contributed by atoms with Crippen LogP contribution in [-0.4, -0.2) is 27.0 Å². The van der Waals surface area contributed by atoms with Crippen molar-refractivity contribution in [1.29, 1.82) is 0 Å². The molecule has 0 bridgehead atoms. The number of pyridine rings is 1. The van der Waals surface area contributed by atoms with Gasteiger partial charge in [-0.2, -0.15) is 0 Å². The topological polar surface area (TPSA) is 75.5 Å². The molecule has 2 aromatic carbocycles. The van der Waals surface area contributed by atoms with Crippen molar-refractivity contribution in [3.8, 4) is 11.3 Å². The first kappa shape index (κ1) is 18.4. The van der Waals surface area contributed by atoms with Gasteiger partial charge in [0.2, 0.25) is 5.91 Å². The largest absolute Gasteiger partial charge is 0.324 e. The van der Waals surface area contributed by atoms with Crippen molar-refractivity contribution in [2.45, 2.75) is 11.8 Å². The lowest BCUT2D eigenvalue weighted by Crippen LogP contribution is -2.19. The van der Waals surface area contributed by atoms with Crippen molar-refractivity contribution >= 4 is 40.6 Å². The summed E-state index contributed by atoms with van der Waals surface area (Å²) in [5, 5.41) is 5.72. The summed E-state index contributed by atoms with van der Waals surface area (Å²) in [6, 6.07) is 17.0. The van der Waals surface area contributed by atoms with Gasteiger partial charge in [-0.1, -0.05) is 18.2 Å². The van der Waals surface area contributed by atoms with E-state index >= 15 is 0 Å². The molecule has 3 heterocycles. The van der Waals surface area contributed by atoms with Crippen LogP contribution in [-0.2, 0) is 4.79 Å². The Hall–Kier alpha value is -3.58.